The number of hydrogen-bond acceptors (Lipinski definition) is 1. The SMILES string of the molecule is Cc1ccc(OC(F)(F)C2CCC(CCC3CCC(C)CC3)CC2)c(F)c1F. The molecule has 0 bridgehead atoms. The van der Waals surface area contributed by atoms with E-state index in [4.69, 9.17) is 0 Å². The first-order chi connectivity index (χ1) is 13.3. The molecule has 2 fully saturated rings. The highest BCUT2D eigenvalue weighted by Crippen LogP contribution is 2.42. The first-order valence-corrected chi connectivity index (χ1v) is 10.8. The summed E-state index contributed by atoms with van der Waals surface area (Å²) in [7, 11) is 0. The number of halogens is 4. The first-order valence-electron chi connectivity index (χ1n) is 10.8. The lowest BCUT2D eigenvalue weighted by atomic mass is 9.75. The van der Waals surface area contributed by atoms with Crippen molar-refractivity contribution in [3.8, 4) is 5.75 Å². The van der Waals surface area contributed by atoms with Crippen molar-refractivity contribution in [2.24, 2.45) is 23.7 Å². The van der Waals surface area contributed by atoms with Gasteiger partial charge in [-0.05, 0) is 62.0 Å². The summed E-state index contributed by atoms with van der Waals surface area (Å²) in [6.45, 7) is 3.70. The van der Waals surface area contributed by atoms with Crippen LogP contribution in [-0.4, -0.2) is 6.11 Å². The maximum absolute atomic E-state index is 14.5. The average molecular weight is 401 g/mol. The van der Waals surface area contributed by atoms with Crippen molar-refractivity contribution in [3.63, 3.8) is 0 Å². The van der Waals surface area contributed by atoms with Crippen molar-refractivity contribution in [2.75, 3.05) is 0 Å². The minimum absolute atomic E-state index is 0.0705. The standard InChI is InChI=1S/C23H32F4O/c1-15-3-6-17(7-4-15)8-9-18-10-12-19(13-11-18)23(26,27)28-20-14-5-16(2)21(24)22(20)25/h5,14-15,17-19H,3-4,6-13H2,1-2H3. The van der Waals surface area contributed by atoms with Crippen molar-refractivity contribution in [1.82, 2.24) is 0 Å². The molecule has 1 aromatic rings. The highest BCUT2D eigenvalue weighted by molar-refractivity contribution is 5.30. The molecule has 2 saturated carbocycles. The zero-order valence-electron chi connectivity index (χ0n) is 17.0. The van der Waals surface area contributed by atoms with Gasteiger partial charge in [0, 0.05) is 0 Å². The summed E-state index contributed by atoms with van der Waals surface area (Å²) in [5, 5.41) is 0. The highest BCUT2D eigenvalue weighted by Gasteiger charge is 2.44. The molecule has 0 aromatic heterocycles. The van der Waals surface area contributed by atoms with Gasteiger partial charge in [-0.2, -0.15) is 13.2 Å². The normalized spacial score (nSPS) is 28.9. The topological polar surface area (TPSA) is 9.23 Å². The monoisotopic (exact) mass is 400 g/mol. The molecule has 5 heteroatoms. The van der Waals surface area contributed by atoms with E-state index in [0.717, 1.165) is 37.2 Å². The number of aryl methyl sites for hydroxylation is 1. The van der Waals surface area contributed by atoms with Crippen molar-refractivity contribution >= 4 is 0 Å². The van der Waals surface area contributed by atoms with Crippen LogP contribution in [0.5, 0.6) is 5.75 Å². The summed E-state index contributed by atoms with van der Waals surface area (Å²) in [5.74, 6) is -1.96. The van der Waals surface area contributed by atoms with Gasteiger partial charge in [0.05, 0.1) is 5.92 Å². The molecule has 3 rings (SSSR count). The van der Waals surface area contributed by atoms with Crippen LogP contribution in [0.25, 0.3) is 0 Å². The van der Waals surface area contributed by atoms with Crippen LogP contribution >= 0.6 is 0 Å². The lowest BCUT2D eigenvalue weighted by Crippen LogP contribution is -2.37. The van der Waals surface area contributed by atoms with E-state index in [1.807, 2.05) is 0 Å². The van der Waals surface area contributed by atoms with E-state index in [0.29, 0.717) is 18.8 Å². The maximum Gasteiger partial charge on any atom is 0.400 e. The molecule has 1 nitrogen and oxygen atoms in total. The Morgan fingerprint density at radius 3 is 1.96 bits per heavy atom. The van der Waals surface area contributed by atoms with Crippen LogP contribution in [0, 0.1) is 42.2 Å². The van der Waals surface area contributed by atoms with Gasteiger partial charge in [-0.3, -0.25) is 0 Å². The van der Waals surface area contributed by atoms with E-state index in [1.165, 1.54) is 45.1 Å². The van der Waals surface area contributed by atoms with Crippen LogP contribution in [0.1, 0.15) is 76.7 Å². The van der Waals surface area contributed by atoms with Gasteiger partial charge in [0.2, 0.25) is 5.82 Å². The quantitative estimate of drug-likeness (QED) is 0.445. The van der Waals surface area contributed by atoms with Gasteiger partial charge in [0.15, 0.2) is 11.6 Å². The van der Waals surface area contributed by atoms with Crippen molar-refractivity contribution in [3.05, 3.63) is 29.3 Å². The fraction of sp³-hybridized carbons (Fsp3) is 0.739. The number of ether oxygens (including phenoxy) is 1. The molecule has 0 aliphatic heterocycles. The Balaban J connectivity index is 1.47. The predicted octanol–water partition coefficient (Wildman–Crippen LogP) is 7.66. The molecule has 0 atom stereocenters. The second-order valence-corrected chi connectivity index (χ2v) is 9.09. The summed E-state index contributed by atoms with van der Waals surface area (Å²) in [4.78, 5) is 0. The molecular weight excluding hydrogens is 368 g/mol. The largest absolute Gasteiger partial charge is 0.429 e. The molecule has 0 amide bonds. The smallest absolute Gasteiger partial charge is 0.400 e. The molecule has 1 aromatic carbocycles. The Hall–Kier alpha value is -1.26. The van der Waals surface area contributed by atoms with Crippen molar-refractivity contribution in [1.29, 1.82) is 0 Å². The molecule has 2 aliphatic rings. The zero-order chi connectivity index (χ0) is 20.3. The van der Waals surface area contributed by atoms with Gasteiger partial charge in [0.1, 0.15) is 0 Å². The van der Waals surface area contributed by atoms with E-state index in [2.05, 4.69) is 11.7 Å². The summed E-state index contributed by atoms with van der Waals surface area (Å²) in [5.41, 5.74) is 0.0705. The number of rotatable bonds is 6. The van der Waals surface area contributed by atoms with Gasteiger partial charge in [-0.1, -0.05) is 51.5 Å². The van der Waals surface area contributed by atoms with Gasteiger partial charge in [0.25, 0.3) is 0 Å². The van der Waals surface area contributed by atoms with Gasteiger partial charge in [-0.25, -0.2) is 4.39 Å². The number of benzene rings is 1. The van der Waals surface area contributed by atoms with Crippen LogP contribution in [-0.2, 0) is 0 Å². The molecular formula is C23H32F4O. The summed E-state index contributed by atoms with van der Waals surface area (Å²) >= 11 is 0. The van der Waals surface area contributed by atoms with E-state index in [-0.39, 0.29) is 5.56 Å². The fourth-order valence-corrected chi connectivity index (χ4v) is 4.81. The maximum atomic E-state index is 14.5. The molecule has 0 radical (unpaired) electrons. The Labute approximate surface area is 165 Å². The first kappa shape index (κ1) is 21.4. The van der Waals surface area contributed by atoms with Crippen molar-refractivity contribution < 1.29 is 22.3 Å². The second kappa shape index (κ2) is 9.04. The van der Waals surface area contributed by atoms with Crippen LogP contribution < -0.4 is 4.74 Å². The second-order valence-electron chi connectivity index (χ2n) is 9.09. The van der Waals surface area contributed by atoms with Crippen molar-refractivity contribution in [2.45, 2.75) is 84.2 Å². The molecule has 158 valence electrons. The predicted molar refractivity (Wildman–Crippen MR) is 102 cm³/mol. The molecule has 28 heavy (non-hydrogen) atoms. The molecule has 2 aliphatic carbocycles. The average Bonchev–Trinajstić information content (AvgIpc) is 2.68. The number of alkyl halides is 2. The lowest BCUT2D eigenvalue weighted by molar-refractivity contribution is -0.224. The molecule has 0 saturated heterocycles. The lowest BCUT2D eigenvalue weighted by Gasteiger charge is -2.34. The van der Waals surface area contributed by atoms with E-state index >= 15 is 0 Å². The zero-order valence-corrected chi connectivity index (χ0v) is 17.0. The Kier molecular flexibility index (Phi) is 6.93. The Morgan fingerprint density at radius 1 is 0.857 bits per heavy atom. The minimum Gasteiger partial charge on any atom is -0.429 e. The van der Waals surface area contributed by atoms with E-state index < -0.39 is 29.4 Å². The van der Waals surface area contributed by atoms with Gasteiger partial charge < -0.3 is 4.74 Å². The van der Waals surface area contributed by atoms with Crippen LogP contribution in [0.4, 0.5) is 17.6 Å². The Morgan fingerprint density at radius 2 is 1.39 bits per heavy atom. The van der Waals surface area contributed by atoms with Crippen LogP contribution in [0.15, 0.2) is 12.1 Å². The third-order valence-corrected chi connectivity index (χ3v) is 6.93. The summed E-state index contributed by atoms with van der Waals surface area (Å²) < 4.78 is 61.2. The third-order valence-electron chi connectivity index (χ3n) is 6.93. The molecule has 0 N–H and O–H groups in total. The molecule has 0 unspecified atom stereocenters. The van der Waals surface area contributed by atoms with E-state index in [9.17, 15) is 17.6 Å². The van der Waals surface area contributed by atoms with E-state index in [1.54, 1.807) is 0 Å². The summed E-state index contributed by atoms with van der Waals surface area (Å²) in [6.07, 6.45) is 6.36. The Bertz CT molecular complexity index is 644. The van der Waals surface area contributed by atoms with Crippen LogP contribution in [0.2, 0.25) is 0 Å². The minimum atomic E-state index is -3.48. The molecule has 0 heterocycles. The molecule has 0 spiro atoms. The number of hydrogen-bond donors (Lipinski definition) is 0. The fourth-order valence-electron chi connectivity index (χ4n) is 4.81. The third kappa shape index (κ3) is 5.21. The highest BCUT2D eigenvalue weighted by atomic mass is 19.3. The van der Waals surface area contributed by atoms with Gasteiger partial charge >= 0.3 is 6.11 Å². The van der Waals surface area contributed by atoms with Gasteiger partial charge in [-0.15, -0.1) is 0 Å². The summed E-state index contributed by atoms with van der Waals surface area (Å²) in [6, 6.07) is 2.34. The van der Waals surface area contributed by atoms with Crippen LogP contribution in [0.3, 0.4) is 0 Å².